The Kier molecular flexibility index (Phi) is 6.64. The van der Waals surface area contributed by atoms with Crippen LogP contribution in [-0.4, -0.2) is 52.8 Å². The number of aromatic nitrogens is 2. The van der Waals surface area contributed by atoms with E-state index >= 15 is 0 Å². The van der Waals surface area contributed by atoms with Crippen molar-refractivity contribution in [1.29, 1.82) is 0 Å². The number of para-hydroxylation sites is 1. The number of ether oxygens (including phenoxy) is 1. The van der Waals surface area contributed by atoms with Crippen LogP contribution in [0.5, 0.6) is 0 Å². The van der Waals surface area contributed by atoms with Gasteiger partial charge in [-0.05, 0) is 29.8 Å². The lowest BCUT2D eigenvalue weighted by Crippen LogP contribution is -2.41. The topological polar surface area (TPSA) is 76.5 Å². The van der Waals surface area contributed by atoms with Crippen LogP contribution in [0.4, 0.5) is 23.2 Å². The number of anilines is 1. The van der Waals surface area contributed by atoms with Crippen molar-refractivity contribution in [1.82, 2.24) is 14.7 Å². The van der Waals surface area contributed by atoms with Crippen LogP contribution in [0.25, 0.3) is 5.69 Å². The first kappa shape index (κ1) is 23.4. The summed E-state index contributed by atoms with van der Waals surface area (Å²) in [6.07, 6.45) is -4.06. The third-order valence-corrected chi connectivity index (χ3v) is 5.29. The van der Waals surface area contributed by atoms with Crippen molar-refractivity contribution in [2.45, 2.75) is 12.6 Å². The van der Waals surface area contributed by atoms with E-state index in [0.29, 0.717) is 36.5 Å². The van der Waals surface area contributed by atoms with Gasteiger partial charge >= 0.3 is 6.18 Å². The van der Waals surface area contributed by atoms with Gasteiger partial charge in [0.2, 0.25) is 5.91 Å². The minimum atomic E-state index is -4.96. The monoisotopic (exact) mass is 476 g/mol. The van der Waals surface area contributed by atoms with Gasteiger partial charge in [0.05, 0.1) is 31.4 Å². The minimum absolute atomic E-state index is 0.0598. The van der Waals surface area contributed by atoms with Gasteiger partial charge in [-0.25, -0.2) is 9.07 Å². The zero-order valence-corrected chi connectivity index (χ0v) is 17.8. The molecule has 0 bridgehead atoms. The normalized spacial score (nSPS) is 14.2. The number of amides is 2. The van der Waals surface area contributed by atoms with E-state index in [1.165, 1.54) is 24.3 Å². The second-order valence-corrected chi connectivity index (χ2v) is 7.59. The Morgan fingerprint density at radius 2 is 1.71 bits per heavy atom. The summed E-state index contributed by atoms with van der Waals surface area (Å²) in [5, 5.41) is 6.01. The standard InChI is InChI=1S/C23H20F4N4O3/c24-18-3-1-2-4-19(18)31-21(23(25,26)27)17(14-28-31)22(33)29-16-7-5-15(6-8-16)13-20(32)30-9-11-34-12-10-30/h1-8,14H,9-13H2,(H,29,33). The molecule has 1 aliphatic heterocycles. The maximum atomic E-state index is 14.1. The van der Waals surface area contributed by atoms with Crippen LogP contribution in [0, 0.1) is 5.82 Å². The molecular weight excluding hydrogens is 456 g/mol. The molecule has 1 fully saturated rings. The van der Waals surface area contributed by atoms with Gasteiger partial charge in [-0.15, -0.1) is 0 Å². The summed E-state index contributed by atoms with van der Waals surface area (Å²) in [7, 11) is 0. The number of alkyl halides is 3. The van der Waals surface area contributed by atoms with Crippen molar-refractivity contribution in [3.05, 3.63) is 77.4 Å². The van der Waals surface area contributed by atoms with Crippen molar-refractivity contribution < 1.29 is 31.9 Å². The Morgan fingerprint density at radius 1 is 1.03 bits per heavy atom. The largest absolute Gasteiger partial charge is 0.434 e. The second-order valence-electron chi connectivity index (χ2n) is 7.59. The lowest BCUT2D eigenvalue weighted by Gasteiger charge is -2.26. The molecule has 0 radical (unpaired) electrons. The molecule has 34 heavy (non-hydrogen) atoms. The molecule has 0 atom stereocenters. The number of nitrogens with one attached hydrogen (secondary N) is 1. The van der Waals surface area contributed by atoms with Gasteiger partial charge in [0.1, 0.15) is 11.5 Å². The van der Waals surface area contributed by atoms with E-state index in [1.807, 2.05) is 0 Å². The van der Waals surface area contributed by atoms with Crippen LogP contribution in [0.1, 0.15) is 21.6 Å². The van der Waals surface area contributed by atoms with Gasteiger partial charge in [0, 0.05) is 18.8 Å². The highest BCUT2D eigenvalue weighted by molar-refractivity contribution is 6.05. The Labute approximate surface area is 191 Å². The first-order valence-corrected chi connectivity index (χ1v) is 10.4. The lowest BCUT2D eigenvalue weighted by molar-refractivity contribution is -0.143. The van der Waals surface area contributed by atoms with Gasteiger partial charge in [0.15, 0.2) is 5.69 Å². The van der Waals surface area contributed by atoms with Crippen molar-refractivity contribution in [2.24, 2.45) is 0 Å². The predicted octanol–water partition coefficient (Wildman–Crippen LogP) is 3.68. The Balaban J connectivity index is 1.50. The highest BCUT2D eigenvalue weighted by Crippen LogP contribution is 2.34. The number of benzene rings is 2. The van der Waals surface area contributed by atoms with E-state index < -0.39 is 34.8 Å². The molecule has 1 N–H and O–H groups in total. The Morgan fingerprint density at radius 3 is 2.35 bits per heavy atom. The van der Waals surface area contributed by atoms with Crippen LogP contribution in [0.15, 0.2) is 54.7 Å². The smallest absolute Gasteiger partial charge is 0.378 e. The molecule has 1 aliphatic rings. The molecule has 0 aliphatic carbocycles. The number of carbonyl (C=O) groups is 2. The van der Waals surface area contributed by atoms with E-state index in [9.17, 15) is 27.2 Å². The average molecular weight is 476 g/mol. The first-order chi connectivity index (χ1) is 16.2. The van der Waals surface area contributed by atoms with Gasteiger partial charge < -0.3 is 15.0 Å². The molecule has 2 amide bonds. The molecule has 11 heteroatoms. The Hall–Kier alpha value is -3.73. The second kappa shape index (κ2) is 9.64. The van der Waals surface area contributed by atoms with Gasteiger partial charge in [-0.1, -0.05) is 24.3 Å². The van der Waals surface area contributed by atoms with E-state index in [-0.39, 0.29) is 18.0 Å². The zero-order valence-electron chi connectivity index (χ0n) is 17.8. The average Bonchev–Trinajstić information content (AvgIpc) is 3.27. The molecule has 0 saturated carbocycles. The van der Waals surface area contributed by atoms with Crippen LogP contribution >= 0.6 is 0 Å². The Bertz CT molecular complexity index is 1190. The minimum Gasteiger partial charge on any atom is -0.378 e. The third-order valence-electron chi connectivity index (χ3n) is 5.29. The van der Waals surface area contributed by atoms with Crippen molar-refractivity contribution >= 4 is 17.5 Å². The molecule has 0 spiro atoms. The summed E-state index contributed by atoms with van der Waals surface area (Å²) in [5.41, 5.74) is -1.63. The maximum Gasteiger partial charge on any atom is 0.434 e. The summed E-state index contributed by atoms with van der Waals surface area (Å²) in [6.45, 7) is 2.03. The molecule has 1 saturated heterocycles. The van der Waals surface area contributed by atoms with E-state index in [2.05, 4.69) is 10.4 Å². The molecule has 2 aromatic carbocycles. The van der Waals surface area contributed by atoms with Crippen LogP contribution in [0.2, 0.25) is 0 Å². The van der Waals surface area contributed by atoms with Gasteiger partial charge in [0.25, 0.3) is 5.91 Å². The van der Waals surface area contributed by atoms with Gasteiger partial charge in [-0.2, -0.15) is 18.3 Å². The highest BCUT2D eigenvalue weighted by atomic mass is 19.4. The third kappa shape index (κ3) is 5.09. The molecule has 1 aromatic heterocycles. The summed E-state index contributed by atoms with van der Waals surface area (Å²) < 4.78 is 61.0. The quantitative estimate of drug-likeness (QED) is 0.570. The number of morpholine rings is 1. The number of carbonyl (C=O) groups excluding carboxylic acids is 2. The van der Waals surface area contributed by atoms with Gasteiger partial charge in [-0.3, -0.25) is 9.59 Å². The number of nitrogens with zero attached hydrogens (tertiary/aromatic N) is 3. The van der Waals surface area contributed by atoms with Crippen LogP contribution < -0.4 is 5.32 Å². The fourth-order valence-electron chi connectivity index (χ4n) is 3.60. The summed E-state index contributed by atoms with van der Waals surface area (Å²) >= 11 is 0. The predicted molar refractivity (Wildman–Crippen MR) is 114 cm³/mol. The summed E-state index contributed by atoms with van der Waals surface area (Å²) in [6, 6.07) is 11.1. The van der Waals surface area contributed by atoms with Crippen molar-refractivity contribution in [2.75, 3.05) is 31.6 Å². The number of hydrogen-bond donors (Lipinski definition) is 1. The lowest BCUT2D eigenvalue weighted by atomic mass is 10.1. The maximum absolute atomic E-state index is 14.1. The molecule has 178 valence electrons. The zero-order chi connectivity index (χ0) is 24.3. The fraction of sp³-hybridized carbons (Fsp3) is 0.261. The molecule has 0 unspecified atom stereocenters. The molecular formula is C23H20F4N4O3. The van der Waals surface area contributed by atoms with E-state index in [0.717, 1.165) is 18.3 Å². The van der Waals surface area contributed by atoms with Crippen LogP contribution in [0.3, 0.4) is 0 Å². The summed E-state index contributed by atoms with van der Waals surface area (Å²) in [4.78, 5) is 26.7. The first-order valence-electron chi connectivity index (χ1n) is 10.4. The van der Waals surface area contributed by atoms with E-state index in [1.54, 1.807) is 17.0 Å². The SMILES string of the molecule is O=C(Nc1ccc(CC(=O)N2CCOCC2)cc1)c1cnn(-c2ccccc2F)c1C(F)(F)F. The molecule has 2 heterocycles. The van der Waals surface area contributed by atoms with Crippen LogP contribution in [-0.2, 0) is 22.1 Å². The molecule has 7 nitrogen and oxygen atoms in total. The van der Waals surface area contributed by atoms with Crippen molar-refractivity contribution in [3.8, 4) is 5.69 Å². The molecule has 3 aromatic rings. The number of hydrogen-bond acceptors (Lipinski definition) is 4. The number of rotatable bonds is 5. The number of halogens is 4. The van der Waals surface area contributed by atoms with E-state index in [4.69, 9.17) is 4.74 Å². The highest BCUT2D eigenvalue weighted by Gasteiger charge is 2.41. The summed E-state index contributed by atoms with van der Waals surface area (Å²) in [5.74, 6) is -2.02. The molecule has 4 rings (SSSR count). The fourth-order valence-corrected chi connectivity index (χ4v) is 3.60. The van der Waals surface area contributed by atoms with Crippen molar-refractivity contribution in [3.63, 3.8) is 0 Å².